The molecule has 0 aliphatic heterocycles. The molecule has 0 N–H and O–H groups in total. The largest absolute Gasteiger partial charge is 0.330 e. The second-order valence-corrected chi connectivity index (χ2v) is 5.32. The monoisotopic (exact) mass is 253 g/mol. The van der Waals surface area contributed by atoms with Gasteiger partial charge in [-0.3, -0.25) is 0 Å². The van der Waals surface area contributed by atoms with Crippen molar-refractivity contribution in [1.29, 1.82) is 5.26 Å². The van der Waals surface area contributed by atoms with Gasteiger partial charge in [0.1, 0.15) is 11.9 Å². The van der Waals surface area contributed by atoms with Gasteiger partial charge in [-0.2, -0.15) is 5.26 Å². The van der Waals surface area contributed by atoms with Gasteiger partial charge in [-0.15, -0.1) is 0 Å². The van der Waals surface area contributed by atoms with Gasteiger partial charge in [0.05, 0.1) is 5.69 Å². The molecule has 0 bridgehead atoms. The molecule has 0 saturated carbocycles. The van der Waals surface area contributed by atoms with E-state index < -0.39 is 0 Å². The average Bonchev–Trinajstić information content (AvgIpc) is 2.66. The Labute approximate surface area is 114 Å². The van der Waals surface area contributed by atoms with Gasteiger partial charge in [0, 0.05) is 12.6 Å². The summed E-state index contributed by atoms with van der Waals surface area (Å²) in [6, 6.07) is 10.6. The van der Waals surface area contributed by atoms with Crippen LogP contribution in [0, 0.1) is 24.2 Å². The summed E-state index contributed by atoms with van der Waals surface area (Å²) in [4.78, 5) is 4.28. The van der Waals surface area contributed by atoms with E-state index in [1.165, 1.54) is 5.56 Å². The average molecular weight is 253 g/mol. The first-order valence-corrected chi connectivity index (χ1v) is 6.55. The van der Waals surface area contributed by atoms with Crippen molar-refractivity contribution in [2.45, 2.75) is 27.2 Å². The first-order valence-electron chi connectivity index (χ1n) is 6.55. The van der Waals surface area contributed by atoms with E-state index in [1.807, 2.05) is 18.5 Å². The summed E-state index contributed by atoms with van der Waals surface area (Å²) in [5.41, 5.74) is 3.77. The third-order valence-corrected chi connectivity index (χ3v) is 3.30. The highest BCUT2D eigenvalue weighted by Gasteiger charge is 2.13. The van der Waals surface area contributed by atoms with Crippen molar-refractivity contribution in [2.75, 3.05) is 0 Å². The van der Waals surface area contributed by atoms with Gasteiger partial charge < -0.3 is 4.57 Å². The standard InChI is InChI=1S/C16H19N3/c1-11(2)9-13-5-7-14(8-6-13)16-15(10-17)18-12(3)19(16)4/h5-8,11H,9H2,1-4H3. The van der Waals surface area contributed by atoms with Gasteiger partial charge in [0.15, 0.2) is 5.69 Å². The van der Waals surface area contributed by atoms with Crippen molar-refractivity contribution >= 4 is 0 Å². The smallest absolute Gasteiger partial charge is 0.166 e. The fourth-order valence-electron chi connectivity index (χ4n) is 2.29. The number of hydrogen-bond acceptors (Lipinski definition) is 2. The molecule has 0 aliphatic rings. The van der Waals surface area contributed by atoms with E-state index in [0.29, 0.717) is 11.6 Å². The SMILES string of the molecule is Cc1nc(C#N)c(-c2ccc(CC(C)C)cc2)n1C. The molecule has 0 fully saturated rings. The van der Waals surface area contributed by atoms with Gasteiger partial charge in [0.25, 0.3) is 0 Å². The molecular formula is C16H19N3. The maximum absolute atomic E-state index is 9.17. The van der Waals surface area contributed by atoms with Crippen molar-refractivity contribution in [3.63, 3.8) is 0 Å². The van der Waals surface area contributed by atoms with Crippen LogP contribution in [0.15, 0.2) is 24.3 Å². The first-order chi connectivity index (χ1) is 9.02. The molecule has 0 saturated heterocycles. The second kappa shape index (κ2) is 5.27. The highest BCUT2D eigenvalue weighted by molar-refractivity contribution is 5.66. The lowest BCUT2D eigenvalue weighted by molar-refractivity contribution is 0.647. The topological polar surface area (TPSA) is 41.6 Å². The molecule has 0 atom stereocenters. The van der Waals surface area contributed by atoms with E-state index in [9.17, 15) is 0 Å². The molecule has 2 aromatic rings. The number of hydrogen-bond donors (Lipinski definition) is 0. The van der Waals surface area contributed by atoms with E-state index >= 15 is 0 Å². The summed E-state index contributed by atoms with van der Waals surface area (Å²) in [6.45, 7) is 6.34. The molecule has 19 heavy (non-hydrogen) atoms. The van der Waals surface area contributed by atoms with Crippen LogP contribution in [-0.2, 0) is 13.5 Å². The number of nitrogens with zero attached hydrogens (tertiary/aromatic N) is 3. The van der Waals surface area contributed by atoms with E-state index in [4.69, 9.17) is 5.26 Å². The molecule has 0 amide bonds. The van der Waals surface area contributed by atoms with Gasteiger partial charge in [-0.1, -0.05) is 38.1 Å². The van der Waals surface area contributed by atoms with Crippen LogP contribution >= 0.6 is 0 Å². The van der Waals surface area contributed by atoms with Crippen molar-refractivity contribution in [1.82, 2.24) is 9.55 Å². The third-order valence-electron chi connectivity index (χ3n) is 3.30. The highest BCUT2D eigenvalue weighted by atomic mass is 15.1. The summed E-state index contributed by atoms with van der Waals surface area (Å²) in [5, 5.41) is 9.17. The molecule has 1 aromatic carbocycles. The Hall–Kier alpha value is -2.08. The summed E-state index contributed by atoms with van der Waals surface area (Å²) in [6.07, 6.45) is 1.08. The second-order valence-electron chi connectivity index (χ2n) is 5.32. The van der Waals surface area contributed by atoms with Crippen LogP contribution in [0.3, 0.4) is 0 Å². The van der Waals surface area contributed by atoms with E-state index in [1.54, 1.807) is 0 Å². The Morgan fingerprint density at radius 3 is 2.42 bits per heavy atom. The lowest BCUT2D eigenvalue weighted by Gasteiger charge is -2.08. The number of aromatic nitrogens is 2. The van der Waals surface area contributed by atoms with Crippen LogP contribution in [0.2, 0.25) is 0 Å². The molecule has 0 spiro atoms. The zero-order valence-corrected chi connectivity index (χ0v) is 11.9. The van der Waals surface area contributed by atoms with E-state index in [-0.39, 0.29) is 0 Å². The number of benzene rings is 1. The molecule has 2 rings (SSSR count). The molecule has 3 nitrogen and oxygen atoms in total. The van der Waals surface area contributed by atoms with Crippen molar-refractivity contribution in [3.8, 4) is 17.3 Å². The summed E-state index contributed by atoms with van der Waals surface area (Å²) < 4.78 is 1.97. The summed E-state index contributed by atoms with van der Waals surface area (Å²) in [7, 11) is 1.94. The predicted molar refractivity (Wildman–Crippen MR) is 76.6 cm³/mol. The molecule has 3 heteroatoms. The summed E-state index contributed by atoms with van der Waals surface area (Å²) in [5.74, 6) is 1.51. The lowest BCUT2D eigenvalue weighted by Crippen LogP contribution is -1.96. The number of rotatable bonds is 3. The molecule has 0 unspecified atom stereocenters. The molecule has 1 aromatic heterocycles. The first kappa shape index (κ1) is 13.4. The minimum atomic E-state index is 0.497. The van der Waals surface area contributed by atoms with Crippen molar-refractivity contribution in [3.05, 3.63) is 41.3 Å². The zero-order valence-electron chi connectivity index (χ0n) is 11.9. The Morgan fingerprint density at radius 1 is 1.26 bits per heavy atom. The van der Waals surface area contributed by atoms with Crippen LogP contribution in [0.4, 0.5) is 0 Å². The molecule has 0 aliphatic carbocycles. The van der Waals surface area contributed by atoms with E-state index in [2.05, 4.69) is 49.2 Å². The molecule has 0 radical (unpaired) electrons. The molecule has 98 valence electrons. The van der Waals surface area contributed by atoms with Gasteiger partial charge in [-0.25, -0.2) is 4.98 Å². The Bertz CT molecular complexity index is 613. The lowest BCUT2D eigenvalue weighted by atomic mass is 10.0. The maximum atomic E-state index is 9.17. The van der Waals surface area contributed by atoms with Crippen LogP contribution < -0.4 is 0 Å². The molecular weight excluding hydrogens is 234 g/mol. The summed E-state index contributed by atoms with van der Waals surface area (Å²) >= 11 is 0. The zero-order chi connectivity index (χ0) is 14.0. The van der Waals surface area contributed by atoms with Crippen LogP contribution in [0.25, 0.3) is 11.3 Å². The highest BCUT2D eigenvalue weighted by Crippen LogP contribution is 2.24. The fraction of sp³-hybridized carbons (Fsp3) is 0.375. The molecule has 1 heterocycles. The number of nitriles is 1. The minimum Gasteiger partial charge on any atom is -0.330 e. The maximum Gasteiger partial charge on any atom is 0.166 e. The Kier molecular flexibility index (Phi) is 3.71. The third kappa shape index (κ3) is 2.68. The van der Waals surface area contributed by atoms with E-state index in [0.717, 1.165) is 23.5 Å². The van der Waals surface area contributed by atoms with Crippen LogP contribution in [-0.4, -0.2) is 9.55 Å². The van der Waals surface area contributed by atoms with Crippen LogP contribution in [0.1, 0.15) is 30.9 Å². The van der Waals surface area contributed by atoms with Crippen LogP contribution in [0.5, 0.6) is 0 Å². The van der Waals surface area contributed by atoms with Gasteiger partial charge >= 0.3 is 0 Å². The predicted octanol–water partition coefficient (Wildman–Crippen LogP) is 3.47. The quantitative estimate of drug-likeness (QED) is 0.840. The number of aryl methyl sites for hydroxylation is 1. The van der Waals surface area contributed by atoms with Crippen molar-refractivity contribution in [2.24, 2.45) is 13.0 Å². The minimum absolute atomic E-state index is 0.497. The normalized spacial score (nSPS) is 10.7. The Morgan fingerprint density at radius 2 is 1.89 bits per heavy atom. The van der Waals surface area contributed by atoms with Gasteiger partial charge in [0.2, 0.25) is 0 Å². The van der Waals surface area contributed by atoms with Crippen molar-refractivity contribution < 1.29 is 0 Å². The number of imidazole rings is 1. The fourth-order valence-corrected chi connectivity index (χ4v) is 2.29. The Balaban J connectivity index is 2.40. The van der Waals surface area contributed by atoms with Gasteiger partial charge in [-0.05, 0) is 24.8 Å².